The van der Waals surface area contributed by atoms with E-state index in [2.05, 4.69) is 39.1 Å². The molecule has 9 aliphatic rings. The van der Waals surface area contributed by atoms with Crippen molar-refractivity contribution in [2.75, 3.05) is 13.2 Å². The average Bonchev–Trinajstić information content (AvgIpc) is 3.70. The topological polar surface area (TPSA) is 259 Å². The minimum atomic E-state index is -1.73. The summed E-state index contributed by atoms with van der Waals surface area (Å²) in [5, 5.41) is 102. The van der Waals surface area contributed by atoms with Gasteiger partial charge in [-0.3, -0.25) is 5.32 Å². The Hall–Kier alpha value is -0.940. The van der Waals surface area contributed by atoms with Crippen LogP contribution in [0.4, 0.5) is 0 Å². The molecule has 0 aromatic rings. The molecule has 0 bridgehead atoms. The third kappa shape index (κ3) is 7.31. The van der Waals surface area contributed by atoms with Crippen LogP contribution in [0.3, 0.4) is 0 Å². The van der Waals surface area contributed by atoms with Gasteiger partial charge in [0.25, 0.3) is 0 Å². The van der Waals surface area contributed by atoms with Crippen molar-refractivity contribution < 1.29 is 79.1 Å². The maximum absolute atomic E-state index is 12.3. The van der Waals surface area contributed by atoms with Crippen LogP contribution in [0.25, 0.3) is 0 Å². The van der Waals surface area contributed by atoms with Crippen molar-refractivity contribution in [3.8, 4) is 0 Å². The minimum Gasteiger partial charge on any atom is -0.394 e. The average molecular weight is 884 g/mol. The molecule has 354 valence electrons. The molecule has 5 heterocycles. The normalized spacial score (nSPS) is 58.9. The molecule has 3 saturated carbocycles. The molecule has 62 heavy (non-hydrogen) atoms. The van der Waals surface area contributed by atoms with Crippen LogP contribution >= 0.6 is 0 Å². The first-order chi connectivity index (χ1) is 29.3. The van der Waals surface area contributed by atoms with Crippen LogP contribution in [0.15, 0.2) is 11.6 Å². The smallest absolute Gasteiger partial charge is 0.187 e. The molecule has 4 aliphatic carbocycles. The maximum atomic E-state index is 12.3. The summed E-state index contributed by atoms with van der Waals surface area (Å²) < 4.78 is 43.6. The molecule has 17 heteroatoms. The highest BCUT2D eigenvalue weighted by molar-refractivity contribution is 5.27. The van der Waals surface area contributed by atoms with E-state index < -0.39 is 111 Å². The predicted molar refractivity (Wildman–Crippen MR) is 216 cm³/mol. The van der Waals surface area contributed by atoms with Crippen LogP contribution < -0.4 is 5.32 Å². The van der Waals surface area contributed by atoms with Gasteiger partial charge in [-0.25, -0.2) is 0 Å². The van der Waals surface area contributed by atoms with Gasteiger partial charge in [-0.2, -0.15) is 0 Å². The standard InChI is InChI=1S/C45H73NO16/c1-18-9-12-45(46-16-18)19(2)30-27(62-45)14-26-24-8-7-22-13-23(10-11-43(22,5)25(24)15-29(48)44(26,30)6)58-42-39(61-41-36(54)34(52)32(50)21(4)57-41)37(55)38(28(17-47)59-42)60-40-35(53)33(51)31(49)20(3)56-40/h7,18-21,23-42,46-55H,8-17H2,1-6H3/t18-,19+,20+,21+,23+,24-,25+,26+,27+,28-,29+,30+,31+,32+,33-,34-,35-,36-,37+,38-,39-,40+,41+,42-,43+,44-,45-/m1/s1. The van der Waals surface area contributed by atoms with Gasteiger partial charge in [-0.05, 0) is 100 Å². The van der Waals surface area contributed by atoms with Gasteiger partial charge >= 0.3 is 0 Å². The molecule has 8 fully saturated rings. The Bertz CT molecular complexity index is 1630. The summed E-state index contributed by atoms with van der Waals surface area (Å²) in [4.78, 5) is 0. The van der Waals surface area contributed by atoms with Crippen molar-refractivity contribution in [3.63, 3.8) is 0 Å². The minimum absolute atomic E-state index is 0.116. The van der Waals surface area contributed by atoms with Crippen LogP contribution in [0, 0.1) is 46.3 Å². The first kappa shape index (κ1) is 46.2. The fourth-order valence-corrected chi connectivity index (χ4v) is 14.1. The Morgan fingerprint density at radius 3 is 1.97 bits per heavy atom. The molecular formula is C45H73NO16. The molecule has 0 amide bonds. The molecule has 5 aliphatic heterocycles. The number of aliphatic hydroxyl groups is 9. The summed E-state index contributed by atoms with van der Waals surface area (Å²) in [6.45, 7) is 12.6. The Morgan fingerprint density at radius 2 is 1.35 bits per heavy atom. The number of nitrogens with one attached hydrogen (secondary N) is 1. The lowest BCUT2D eigenvalue weighted by Gasteiger charge is -2.60. The fraction of sp³-hybridized carbons (Fsp3) is 0.956. The molecule has 0 radical (unpaired) electrons. The summed E-state index contributed by atoms with van der Waals surface area (Å²) in [6, 6.07) is 0. The molecule has 9 rings (SSSR count). The summed E-state index contributed by atoms with van der Waals surface area (Å²) in [7, 11) is 0. The lowest BCUT2D eigenvalue weighted by atomic mass is 9.46. The van der Waals surface area contributed by atoms with Crippen molar-refractivity contribution in [2.24, 2.45) is 46.3 Å². The predicted octanol–water partition coefficient (Wildman–Crippen LogP) is -0.214. The lowest BCUT2D eigenvalue weighted by molar-refractivity contribution is -0.388. The van der Waals surface area contributed by atoms with E-state index in [-0.39, 0.29) is 34.5 Å². The van der Waals surface area contributed by atoms with Crippen LogP contribution in [0.5, 0.6) is 0 Å². The second-order valence-electron chi connectivity index (χ2n) is 21.3. The van der Waals surface area contributed by atoms with E-state index >= 15 is 0 Å². The Morgan fingerprint density at radius 1 is 0.710 bits per heavy atom. The van der Waals surface area contributed by atoms with Gasteiger partial charge in [0.15, 0.2) is 18.9 Å². The molecule has 5 saturated heterocycles. The third-order valence-corrected chi connectivity index (χ3v) is 18.0. The van der Waals surface area contributed by atoms with Crippen molar-refractivity contribution in [1.29, 1.82) is 0 Å². The van der Waals surface area contributed by atoms with Gasteiger partial charge < -0.3 is 79.1 Å². The molecule has 17 nitrogen and oxygen atoms in total. The highest BCUT2D eigenvalue weighted by Gasteiger charge is 2.71. The summed E-state index contributed by atoms with van der Waals surface area (Å²) in [6.07, 6.45) is -13.5. The quantitative estimate of drug-likeness (QED) is 0.148. The van der Waals surface area contributed by atoms with Crippen LogP contribution in [-0.2, 0) is 33.2 Å². The fourth-order valence-electron chi connectivity index (χ4n) is 14.1. The monoisotopic (exact) mass is 883 g/mol. The van der Waals surface area contributed by atoms with Crippen LogP contribution in [-0.4, -0.2) is 175 Å². The number of rotatable bonds is 7. The molecule has 0 aromatic carbocycles. The summed E-state index contributed by atoms with van der Waals surface area (Å²) in [5.41, 5.74) is 0.504. The number of allylic oxidation sites excluding steroid dienone is 1. The molecule has 0 unspecified atom stereocenters. The third-order valence-electron chi connectivity index (χ3n) is 18.0. The van der Waals surface area contributed by atoms with E-state index in [1.165, 1.54) is 19.4 Å². The Balaban J connectivity index is 0.927. The zero-order valence-electron chi connectivity index (χ0n) is 36.9. The lowest BCUT2D eigenvalue weighted by Crippen LogP contribution is -2.66. The van der Waals surface area contributed by atoms with Gasteiger partial charge in [-0.15, -0.1) is 0 Å². The van der Waals surface area contributed by atoms with E-state index in [4.69, 9.17) is 33.2 Å². The van der Waals surface area contributed by atoms with E-state index in [0.717, 1.165) is 38.6 Å². The molecule has 27 atom stereocenters. The highest BCUT2D eigenvalue weighted by Crippen LogP contribution is 2.70. The number of aliphatic hydroxyl groups excluding tert-OH is 9. The number of fused-ring (bicyclic) bond motifs is 7. The van der Waals surface area contributed by atoms with Gasteiger partial charge in [-0.1, -0.05) is 39.3 Å². The van der Waals surface area contributed by atoms with E-state index in [0.29, 0.717) is 42.9 Å². The molecule has 0 aromatic heterocycles. The largest absolute Gasteiger partial charge is 0.394 e. The number of hydrogen-bond acceptors (Lipinski definition) is 17. The van der Waals surface area contributed by atoms with Crippen molar-refractivity contribution in [3.05, 3.63) is 11.6 Å². The molecule has 1 spiro atoms. The van der Waals surface area contributed by atoms with Gasteiger partial charge in [0.05, 0.1) is 37.1 Å². The van der Waals surface area contributed by atoms with Crippen molar-refractivity contribution >= 4 is 0 Å². The zero-order chi connectivity index (χ0) is 44.4. The van der Waals surface area contributed by atoms with Gasteiger partial charge in [0.1, 0.15) is 66.8 Å². The summed E-state index contributed by atoms with van der Waals surface area (Å²) in [5.74, 6) is 2.20. The first-order valence-corrected chi connectivity index (χ1v) is 23.4. The van der Waals surface area contributed by atoms with Gasteiger partial charge in [0.2, 0.25) is 0 Å². The van der Waals surface area contributed by atoms with E-state index in [9.17, 15) is 46.0 Å². The SMILES string of the molecule is C[C@@H]1CC[C@@]2(NC1)O[C@H]1C[C@H]3[C@@H]4CC=C5C[C@@H](O[C@@H]6O[C@H](CO)[C@@H](O[C@@H]7O[C@@H](C)[C@H](O)[C@@H](O)[C@H]7O)[C@H](O)[C@H]6O[C@@H]6O[C@@H](C)[C@H](O)[C@@H](O)[C@H]6O)CC[C@]5(C)[C@H]4C[C@H](O)[C@]3(C)[C@H]1[C@@H]2C. The van der Waals surface area contributed by atoms with E-state index in [1.54, 1.807) is 0 Å². The summed E-state index contributed by atoms with van der Waals surface area (Å²) >= 11 is 0. The highest BCUT2D eigenvalue weighted by atomic mass is 16.8. The van der Waals surface area contributed by atoms with Crippen molar-refractivity contribution in [2.45, 2.75) is 209 Å². The maximum Gasteiger partial charge on any atom is 0.187 e. The van der Waals surface area contributed by atoms with Crippen LogP contribution in [0.2, 0.25) is 0 Å². The number of piperidine rings is 1. The second-order valence-corrected chi connectivity index (χ2v) is 21.3. The second kappa shape index (κ2) is 17.0. The number of hydrogen-bond donors (Lipinski definition) is 10. The molecular weight excluding hydrogens is 810 g/mol. The molecule has 10 N–H and O–H groups in total. The Kier molecular flexibility index (Phi) is 12.7. The van der Waals surface area contributed by atoms with Crippen LogP contribution in [0.1, 0.15) is 92.9 Å². The van der Waals surface area contributed by atoms with Gasteiger partial charge in [0, 0.05) is 17.9 Å². The number of ether oxygens (including phenoxy) is 7. The van der Waals surface area contributed by atoms with Crippen molar-refractivity contribution in [1.82, 2.24) is 5.32 Å². The first-order valence-electron chi connectivity index (χ1n) is 23.4. The zero-order valence-corrected chi connectivity index (χ0v) is 36.9. The van der Waals surface area contributed by atoms with E-state index in [1.807, 2.05) is 0 Å². The Labute approximate surface area is 364 Å².